The van der Waals surface area contributed by atoms with Gasteiger partial charge in [-0.1, -0.05) is 13.8 Å². The summed E-state index contributed by atoms with van der Waals surface area (Å²) in [6.07, 6.45) is 0. The van der Waals surface area contributed by atoms with E-state index < -0.39 is 24.0 Å². The van der Waals surface area contributed by atoms with Gasteiger partial charge < -0.3 is 21.7 Å². The van der Waals surface area contributed by atoms with Gasteiger partial charge in [0.15, 0.2) is 0 Å². The van der Waals surface area contributed by atoms with Crippen LogP contribution in [0, 0.1) is 5.92 Å². The summed E-state index contributed by atoms with van der Waals surface area (Å²) < 4.78 is 0. The first-order chi connectivity index (χ1) is 6.73. The van der Waals surface area contributed by atoms with E-state index in [1.165, 1.54) is 0 Å². The first-order valence-corrected chi connectivity index (χ1v) is 4.94. The minimum absolute atomic E-state index is 0.0208. The van der Waals surface area contributed by atoms with E-state index in [4.69, 9.17) is 21.7 Å². The zero-order chi connectivity index (χ0) is 12.6. The molecule has 0 radical (unpaired) electrons. The molecule has 0 bridgehead atoms. The van der Waals surface area contributed by atoms with Crippen molar-refractivity contribution in [3.05, 3.63) is 0 Å². The number of carboxylic acid groups (broad SMARTS) is 2. The molecule has 0 rings (SSSR count). The van der Waals surface area contributed by atoms with E-state index >= 15 is 0 Å². The Hall–Kier alpha value is -0.790. The van der Waals surface area contributed by atoms with Gasteiger partial charge in [0.2, 0.25) is 0 Å². The quantitative estimate of drug-likeness (QED) is 0.415. The minimum Gasteiger partial charge on any atom is -0.480 e. The molecule has 0 aromatic carbocycles. The Kier molecular flexibility index (Phi) is 9.44. The fraction of sp³-hybridized carbons (Fsp3) is 0.750. The number of carboxylic acids is 2. The Labute approximate surface area is 94.0 Å². The van der Waals surface area contributed by atoms with Crippen LogP contribution in [-0.2, 0) is 9.59 Å². The maximum Gasteiger partial charge on any atom is 0.321 e. The Bertz CT molecular complexity index is 211. The van der Waals surface area contributed by atoms with E-state index in [2.05, 4.69) is 12.6 Å². The maximum absolute atomic E-state index is 10.0. The fourth-order valence-electron chi connectivity index (χ4n) is 0.363. The van der Waals surface area contributed by atoms with Gasteiger partial charge in [0, 0.05) is 5.75 Å². The first-order valence-electron chi connectivity index (χ1n) is 4.31. The van der Waals surface area contributed by atoms with Crippen LogP contribution in [0.1, 0.15) is 13.8 Å². The molecule has 0 aliphatic rings. The van der Waals surface area contributed by atoms with Crippen molar-refractivity contribution in [3.8, 4) is 0 Å². The van der Waals surface area contributed by atoms with Gasteiger partial charge in [0.05, 0.1) is 0 Å². The molecule has 0 heterocycles. The molecule has 0 aromatic rings. The minimum atomic E-state index is -1.00. The molecule has 6 N–H and O–H groups in total. The van der Waals surface area contributed by atoms with Crippen molar-refractivity contribution < 1.29 is 19.8 Å². The van der Waals surface area contributed by atoms with Crippen LogP contribution in [0.2, 0.25) is 0 Å². The molecular formula is C8H18N2O4S. The topological polar surface area (TPSA) is 127 Å². The van der Waals surface area contributed by atoms with E-state index in [1.807, 2.05) is 0 Å². The molecule has 15 heavy (non-hydrogen) atoms. The molecule has 6 nitrogen and oxygen atoms in total. The Balaban J connectivity index is 0. The highest BCUT2D eigenvalue weighted by atomic mass is 32.1. The molecular weight excluding hydrogens is 220 g/mol. The lowest BCUT2D eigenvalue weighted by Gasteiger charge is -2.07. The molecule has 0 aromatic heterocycles. The van der Waals surface area contributed by atoms with E-state index in [9.17, 15) is 9.59 Å². The largest absolute Gasteiger partial charge is 0.480 e. The molecule has 0 saturated heterocycles. The predicted molar refractivity (Wildman–Crippen MR) is 59.9 cm³/mol. The number of carbonyl (C=O) groups is 2. The van der Waals surface area contributed by atoms with E-state index in [0.717, 1.165) is 0 Å². The zero-order valence-corrected chi connectivity index (χ0v) is 9.65. The van der Waals surface area contributed by atoms with Crippen LogP contribution in [0.4, 0.5) is 0 Å². The summed E-state index contributed by atoms with van der Waals surface area (Å²) in [7, 11) is 0. The Morgan fingerprint density at radius 3 is 1.60 bits per heavy atom. The van der Waals surface area contributed by atoms with Gasteiger partial charge in [0.1, 0.15) is 12.1 Å². The Morgan fingerprint density at radius 2 is 1.60 bits per heavy atom. The summed E-state index contributed by atoms with van der Waals surface area (Å²) >= 11 is 3.65. The average Bonchev–Trinajstić information content (AvgIpc) is 2.15. The molecule has 0 fully saturated rings. The number of rotatable bonds is 4. The summed E-state index contributed by atoms with van der Waals surface area (Å²) in [5.74, 6) is -1.72. The molecule has 0 aliphatic carbocycles. The first kappa shape index (κ1) is 16.6. The standard InChI is InChI=1S/C5H11NO2.C3H7NO2S/c1-3(2)4(6)5(7)8;4-2(1-7)3(5)6/h3-4H,6H2,1-2H3,(H,7,8);2,7H,1,4H2,(H,5,6)/t4-;/m0./s1. The molecule has 0 aliphatic heterocycles. The lowest BCUT2D eigenvalue weighted by atomic mass is 10.1. The van der Waals surface area contributed by atoms with Gasteiger partial charge in [-0.15, -0.1) is 0 Å². The second-order valence-electron chi connectivity index (χ2n) is 3.24. The van der Waals surface area contributed by atoms with Crippen LogP contribution in [0.25, 0.3) is 0 Å². The van der Waals surface area contributed by atoms with E-state index in [1.54, 1.807) is 13.8 Å². The highest BCUT2D eigenvalue weighted by Gasteiger charge is 2.14. The lowest BCUT2D eigenvalue weighted by Crippen LogP contribution is -2.34. The molecule has 90 valence electrons. The van der Waals surface area contributed by atoms with Gasteiger partial charge in [-0.25, -0.2) is 0 Å². The molecule has 2 atom stereocenters. The Morgan fingerprint density at radius 1 is 1.20 bits per heavy atom. The van der Waals surface area contributed by atoms with Crippen molar-refractivity contribution in [2.45, 2.75) is 25.9 Å². The van der Waals surface area contributed by atoms with E-state index in [-0.39, 0.29) is 11.7 Å². The second kappa shape index (κ2) is 8.51. The molecule has 0 spiro atoms. The fourth-order valence-corrected chi connectivity index (χ4v) is 0.519. The highest BCUT2D eigenvalue weighted by molar-refractivity contribution is 7.80. The van der Waals surface area contributed by atoms with Gasteiger partial charge in [-0.05, 0) is 5.92 Å². The number of nitrogens with two attached hydrogens (primary N) is 2. The van der Waals surface area contributed by atoms with Gasteiger partial charge >= 0.3 is 11.9 Å². The van der Waals surface area contributed by atoms with Gasteiger partial charge in [-0.3, -0.25) is 9.59 Å². The zero-order valence-electron chi connectivity index (χ0n) is 8.75. The van der Waals surface area contributed by atoms with Crippen molar-refractivity contribution in [1.82, 2.24) is 0 Å². The molecule has 0 saturated carbocycles. The van der Waals surface area contributed by atoms with Crippen LogP contribution in [0.5, 0.6) is 0 Å². The molecule has 0 amide bonds. The van der Waals surface area contributed by atoms with Crippen LogP contribution in [0.3, 0.4) is 0 Å². The third-order valence-electron chi connectivity index (χ3n) is 1.52. The summed E-state index contributed by atoms with van der Waals surface area (Å²) in [6, 6.07) is -1.53. The number of thiol groups is 1. The predicted octanol–water partition coefficient (Wildman–Crippen LogP) is -0.618. The maximum atomic E-state index is 10.0. The smallest absolute Gasteiger partial charge is 0.321 e. The third-order valence-corrected chi connectivity index (χ3v) is 1.91. The lowest BCUT2D eigenvalue weighted by molar-refractivity contribution is -0.140. The van der Waals surface area contributed by atoms with Crippen molar-refractivity contribution in [2.75, 3.05) is 5.75 Å². The normalized spacial score (nSPS) is 13.7. The molecule has 7 heteroatoms. The van der Waals surface area contributed by atoms with Crippen LogP contribution in [-0.4, -0.2) is 40.0 Å². The molecule has 1 unspecified atom stereocenters. The van der Waals surface area contributed by atoms with Crippen LogP contribution < -0.4 is 11.5 Å². The highest BCUT2D eigenvalue weighted by Crippen LogP contribution is 1.96. The summed E-state index contributed by atoms with van der Waals surface area (Å²) in [5.41, 5.74) is 10.1. The number of hydrogen-bond donors (Lipinski definition) is 5. The summed E-state index contributed by atoms with van der Waals surface area (Å²) in [6.45, 7) is 3.55. The third kappa shape index (κ3) is 9.51. The summed E-state index contributed by atoms with van der Waals surface area (Å²) in [4.78, 5) is 19.8. The van der Waals surface area contributed by atoms with Gasteiger partial charge in [-0.2, -0.15) is 12.6 Å². The van der Waals surface area contributed by atoms with Crippen molar-refractivity contribution in [1.29, 1.82) is 0 Å². The SMILES string of the molecule is CC(C)[C@H](N)C(=O)O.NC(CS)C(=O)O. The van der Waals surface area contributed by atoms with Crippen molar-refractivity contribution in [3.63, 3.8) is 0 Å². The van der Waals surface area contributed by atoms with Crippen LogP contribution in [0.15, 0.2) is 0 Å². The van der Waals surface area contributed by atoms with E-state index in [0.29, 0.717) is 0 Å². The number of hydrogen-bond acceptors (Lipinski definition) is 5. The van der Waals surface area contributed by atoms with Crippen molar-refractivity contribution in [2.24, 2.45) is 17.4 Å². The van der Waals surface area contributed by atoms with Crippen LogP contribution >= 0.6 is 12.6 Å². The monoisotopic (exact) mass is 238 g/mol. The van der Waals surface area contributed by atoms with Crippen molar-refractivity contribution >= 4 is 24.6 Å². The summed E-state index contributed by atoms with van der Waals surface area (Å²) in [5, 5.41) is 16.2. The second-order valence-corrected chi connectivity index (χ2v) is 3.60. The average molecular weight is 238 g/mol. The van der Waals surface area contributed by atoms with Gasteiger partial charge in [0.25, 0.3) is 0 Å². The number of aliphatic carboxylic acids is 2.